The largest absolute Gasteiger partial charge is 0.361 e. The van der Waals surface area contributed by atoms with E-state index in [1.54, 1.807) is 0 Å². The summed E-state index contributed by atoms with van der Waals surface area (Å²) in [5, 5.41) is 1.32. The molecule has 2 aromatic heterocycles. The number of H-pyrrole nitrogens is 1. The molecular weight excluding hydrogens is 208 g/mol. The number of fused-ring (bicyclic) bond motifs is 1. The van der Waals surface area contributed by atoms with Gasteiger partial charge in [0.25, 0.3) is 0 Å². The molecule has 17 heavy (non-hydrogen) atoms. The molecule has 0 radical (unpaired) electrons. The van der Waals surface area contributed by atoms with E-state index in [0.717, 1.165) is 18.5 Å². The molecule has 0 saturated carbocycles. The fourth-order valence-corrected chi connectivity index (χ4v) is 2.15. The average molecular weight is 222 g/mol. The van der Waals surface area contributed by atoms with Crippen LogP contribution in [-0.2, 0) is 12.8 Å². The van der Waals surface area contributed by atoms with Crippen LogP contribution < -0.4 is 0 Å². The van der Waals surface area contributed by atoms with Crippen molar-refractivity contribution in [3.8, 4) is 0 Å². The van der Waals surface area contributed by atoms with Crippen LogP contribution >= 0.6 is 0 Å². The Morgan fingerprint density at radius 3 is 2.71 bits per heavy atom. The van der Waals surface area contributed by atoms with E-state index in [4.69, 9.17) is 0 Å². The SMILES string of the molecule is c1ccc(CCc2c[nH]c3ccccc23)nc1. The predicted molar refractivity (Wildman–Crippen MR) is 69.9 cm³/mol. The number of aromatic nitrogens is 2. The zero-order valence-corrected chi connectivity index (χ0v) is 9.56. The molecule has 0 spiro atoms. The molecular formula is C15H14N2. The highest BCUT2D eigenvalue weighted by Crippen LogP contribution is 2.18. The van der Waals surface area contributed by atoms with Crippen molar-refractivity contribution in [3.63, 3.8) is 0 Å². The molecule has 0 fully saturated rings. The van der Waals surface area contributed by atoms with Crippen LogP contribution in [0.3, 0.4) is 0 Å². The third kappa shape index (κ3) is 2.07. The molecule has 1 aromatic carbocycles. The number of hydrogen-bond acceptors (Lipinski definition) is 1. The van der Waals surface area contributed by atoms with Crippen LogP contribution in [0.25, 0.3) is 10.9 Å². The molecule has 0 unspecified atom stereocenters. The van der Waals surface area contributed by atoms with Gasteiger partial charge in [-0.1, -0.05) is 24.3 Å². The van der Waals surface area contributed by atoms with Gasteiger partial charge in [0, 0.05) is 29.0 Å². The quantitative estimate of drug-likeness (QED) is 0.723. The number of aryl methyl sites for hydroxylation is 2. The first-order chi connectivity index (χ1) is 8.43. The minimum absolute atomic E-state index is 0.989. The van der Waals surface area contributed by atoms with Crippen molar-refractivity contribution in [1.82, 2.24) is 9.97 Å². The summed E-state index contributed by atoms with van der Waals surface area (Å²) in [6.45, 7) is 0. The normalized spacial score (nSPS) is 10.8. The van der Waals surface area contributed by atoms with Crippen molar-refractivity contribution in [2.24, 2.45) is 0 Å². The lowest BCUT2D eigenvalue weighted by Gasteiger charge is -1.99. The van der Waals surface area contributed by atoms with Gasteiger partial charge < -0.3 is 4.98 Å². The molecule has 0 saturated heterocycles. The number of para-hydroxylation sites is 1. The Balaban J connectivity index is 1.82. The first-order valence-electron chi connectivity index (χ1n) is 5.88. The molecule has 0 bridgehead atoms. The Kier molecular flexibility index (Phi) is 2.62. The monoisotopic (exact) mass is 222 g/mol. The zero-order valence-electron chi connectivity index (χ0n) is 9.56. The standard InChI is InChI=1S/C15H14N2/c1-2-7-15-14(6-1)12(11-17-15)8-9-13-5-3-4-10-16-13/h1-7,10-11,17H,8-9H2. The fraction of sp³-hybridized carbons (Fsp3) is 0.133. The van der Waals surface area contributed by atoms with Crippen LogP contribution in [0.1, 0.15) is 11.3 Å². The van der Waals surface area contributed by atoms with Gasteiger partial charge in [0.05, 0.1) is 0 Å². The molecule has 2 nitrogen and oxygen atoms in total. The predicted octanol–water partition coefficient (Wildman–Crippen LogP) is 3.35. The van der Waals surface area contributed by atoms with E-state index in [1.165, 1.54) is 16.5 Å². The zero-order chi connectivity index (χ0) is 11.5. The number of pyridine rings is 1. The summed E-state index contributed by atoms with van der Waals surface area (Å²) >= 11 is 0. The van der Waals surface area contributed by atoms with Crippen LogP contribution in [-0.4, -0.2) is 9.97 Å². The number of aromatic amines is 1. The Morgan fingerprint density at radius 2 is 1.82 bits per heavy atom. The maximum Gasteiger partial charge on any atom is 0.0456 e. The van der Waals surface area contributed by atoms with Gasteiger partial charge in [-0.05, 0) is 36.6 Å². The van der Waals surface area contributed by atoms with Gasteiger partial charge in [0.2, 0.25) is 0 Å². The maximum atomic E-state index is 4.35. The van der Waals surface area contributed by atoms with Crippen LogP contribution in [0.2, 0.25) is 0 Å². The van der Waals surface area contributed by atoms with Crippen LogP contribution in [0.5, 0.6) is 0 Å². The maximum absolute atomic E-state index is 4.35. The highest BCUT2D eigenvalue weighted by molar-refractivity contribution is 5.83. The second kappa shape index (κ2) is 4.42. The lowest BCUT2D eigenvalue weighted by atomic mass is 10.1. The Bertz CT molecular complexity index is 611. The number of rotatable bonds is 3. The van der Waals surface area contributed by atoms with Crippen LogP contribution in [0, 0.1) is 0 Å². The second-order valence-electron chi connectivity index (χ2n) is 4.18. The average Bonchev–Trinajstić information content (AvgIpc) is 2.81. The third-order valence-corrected chi connectivity index (χ3v) is 3.05. The number of nitrogens with zero attached hydrogens (tertiary/aromatic N) is 1. The Morgan fingerprint density at radius 1 is 0.941 bits per heavy atom. The first-order valence-corrected chi connectivity index (χ1v) is 5.88. The van der Waals surface area contributed by atoms with Gasteiger partial charge in [0.1, 0.15) is 0 Å². The lowest BCUT2D eigenvalue weighted by molar-refractivity contribution is 0.919. The number of hydrogen-bond donors (Lipinski definition) is 1. The summed E-state index contributed by atoms with van der Waals surface area (Å²) < 4.78 is 0. The van der Waals surface area contributed by atoms with E-state index in [-0.39, 0.29) is 0 Å². The second-order valence-corrected chi connectivity index (χ2v) is 4.18. The van der Waals surface area contributed by atoms with Crippen molar-refractivity contribution in [3.05, 3.63) is 66.1 Å². The van der Waals surface area contributed by atoms with E-state index in [0.29, 0.717) is 0 Å². The van der Waals surface area contributed by atoms with Gasteiger partial charge in [-0.2, -0.15) is 0 Å². The molecule has 2 heteroatoms. The molecule has 0 amide bonds. The molecule has 1 N–H and O–H groups in total. The van der Waals surface area contributed by atoms with E-state index in [9.17, 15) is 0 Å². The Labute approximate surface area is 100 Å². The molecule has 2 heterocycles. The lowest BCUT2D eigenvalue weighted by Crippen LogP contribution is -1.92. The molecule has 3 aromatic rings. The molecule has 0 atom stereocenters. The molecule has 0 aliphatic carbocycles. The van der Waals surface area contributed by atoms with Gasteiger partial charge in [-0.25, -0.2) is 0 Å². The van der Waals surface area contributed by atoms with Crippen molar-refractivity contribution in [2.75, 3.05) is 0 Å². The minimum atomic E-state index is 0.989. The summed E-state index contributed by atoms with van der Waals surface area (Å²) in [5.74, 6) is 0. The summed E-state index contributed by atoms with van der Waals surface area (Å²) in [7, 11) is 0. The number of benzene rings is 1. The molecule has 0 aliphatic rings. The van der Waals surface area contributed by atoms with Crippen molar-refractivity contribution < 1.29 is 0 Å². The summed E-state index contributed by atoms with van der Waals surface area (Å²) in [6, 6.07) is 14.5. The highest BCUT2D eigenvalue weighted by atomic mass is 14.7. The van der Waals surface area contributed by atoms with Crippen molar-refractivity contribution in [1.29, 1.82) is 0 Å². The fourth-order valence-electron chi connectivity index (χ4n) is 2.15. The minimum Gasteiger partial charge on any atom is -0.361 e. The van der Waals surface area contributed by atoms with Crippen molar-refractivity contribution >= 4 is 10.9 Å². The highest BCUT2D eigenvalue weighted by Gasteiger charge is 2.03. The Hall–Kier alpha value is -2.09. The third-order valence-electron chi connectivity index (χ3n) is 3.05. The van der Waals surface area contributed by atoms with E-state index in [1.807, 2.05) is 18.3 Å². The van der Waals surface area contributed by atoms with Crippen LogP contribution in [0.15, 0.2) is 54.9 Å². The topological polar surface area (TPSA) is 28.7 Å². The van der Waals surface area contributed by atoms with E-state index in [2.05, 4.69) is 46.5 Å². The summed E-state index contributed by atoms with van der Waals surface area (Å²) in [5.41, 5.74) is 3.73. The molecule has 84 valence electrons. The van der Waals surface area contributed by atoms with E-state index < -0.39 is 0 Å². The summed E-state index contributed by atoms with van der Waals surface area (Å²) in [4.78, 5) is 7.65. The van der Waals surface area contributed by atoms with Crippen molar-refractivity contribution in [2.45, 2.75) is 12.8 Å². The smallest absolute Gasteiger partial charge is 0.0456 e. The van der Waals surface area contributed by atoms with E-state index >= 15 is 0 Å². The van der Waals surface area contributed by atoms with Gasteiger partial charge in [-0.3, -0.25) is 4.98 Å². The molecule has 0 aliphatic heterocycles. The molecule has 3 rings (SSSR count). The van der Waals surface area contributed by atoms with Gasteiger partial charge in [0.15, 0.2) is 0 Å². The van der Waals surface area contributed by atoms with Crippen LogP contribution in [0.4, 0.5) is 0 Å². The van der Waals surface area contributed by atoms with Gasteiger partial charge in [-0.15, -0.1) is 0 Å². The van der Waals surface area contributed by atoms with Gasteiger partial charge >= 0.3 is 0 Å². The summed E-state index contributed by atoms with van der Waals surface area (Å²) in [6.07, 6.45) is 5.97. The first kappa shape index (κ1) is 10.1. The number of nitrogens with one attached hydrogen (secondary N) is 1.